The van der Waals surface area contributed by atoms with E-state index in [0.717, 1.165) is 6.04 Å². The number of piperazine rings is 1. The molecule has 1 saturated heterocycles. The SMILES string of the molecule is CCC1CN(CCCCCNC(C)C)CCN1C. The molecule has 1 unspecified atom stereocenters. The molecule has 0 bridgehead atoms. The minimum absolute atomic E-state index is 0.632. The first-order valence-electron chi connectivity index (χ1n) is 7.79. The van der Waals surface area contributed by atoms with Crippen LogP contribution in [-0.4, -0.2) is 61.7 Å². The second-order valence-electron chi connectivity index (χ2n) is 6.01. The van der Waals surface area contributed by atoms with Gasteiger partial charge in [-0.2, -0.15) is 0 Å². The number of hydrogen-bond acceptors (Lipinski definition) is 3. The lowest BCUT2D eigenvalue weighted by Crippen LogP contribution is -2.51. The number of unbranched alkanes of at least 4 members (excludes halogenated alkanes) is 2. The van der Waals surface area contributed by atoms with Crippen LogP contribution in [0, 0.1) is 0 Å². The fourth-order valence-electron chi connectivity index (χ4n) is 2.68. The molecular weight excluding hydrogens is 222 g/mol. The van der Waals surface area contributed by atoms with E-state index in [2.05, 4.69) is 42.9 Å². The Bertz CT molecular complexity index is 206. The second-order valence-corrected chi connectivity index (χ2v) is 6.01. The van der Waals surface area contributed by atoms with Gasteiger partial charge in [-0.3, -0.25) is 0 Å². The Morgan fingerprint density at radius 3 is 2.61 bits per heavy atom. The van der Waals surface area contributed by atoms with Crippen molar-refractivity contribution in [2.24, 2.45) is 0 Å². The number of likely N-dealkylation sites (N-methyl/N-ethyl adjacent to an activating group) is 1. The molecule has 0 aromatic heterocycles. The summed E-state index contributed by atoms with van der Waals surface area (Å²) in [6, 6.07) is 1.41. The van der Waals surface area contributed by atoms with Gasteiger partial charge in [0.25, 0.3) is 0 Å². The average Bonchev–Trinajstić information content (AvgIpc) is 2.35. The maximum Gasteiger partial charge on any atom is 0.0218 e. The van der Waals surface area contributed by atoms with E-state index in [1.54, 1.807) is 0 Å². The fraction of sp³-hybridized carbons (Fsp3) is 1.00. The van der Waals surface area contributed by atoms with Gasteiger partial charge in [-0.15, -0.1) is 0 Å². The summed E-state index contributed by atoms with van der Waals surface area (Å²) < 4.78 is 0. The first-order valence-corrected chi connectivity index (χ1v) is 7.79. The zero-order valence-corrected chi connectivity index (χ0v) is 12.9. The minimum Gasteiger partial charge on any atom is -0.315 e. The van der Waals surface area contributed by atoms with Crippen molar-refractivity contribution in [3.63, 3.8) is 0 Å². The molecule has 0 saturated carbocycles. The van der Waals surface area contributed by atoms with Crippen molar-refractivity contribution < 1.29 is 0 Å². The quantitative estimate of drug-likeness (QED) is 0.671. The average molecular weight is 255 g/mol. The molecule has 3 heteroatoms. The number of nitrogens with zero attached hydrogens (tertiary/aromatic N) is 2. The molecule has 1 aliphatic rings. The molecule has 1 rings (SSSR count). The van der Waals surface area contributed by atoms with E-state index in [9.17, 15) is 0 Å². The van der Waals surface area contributed by atoms with Gasteiger partial charge >= 0.3 is 0 Å². The first kappa shape index (κ1) is 15.9. The van der Waals surface area contributed by atoms with E-state index >= 15 is 0 Å². The molecule has 3 nitrogen and oxygen atoms in total. The van der Waals surface area contributed by atoms with Crippen molar-refractivity contribution in [1.29, 1.82) is 0 Å². The highest BCUT2D eigenvalue weighted by Gasteiger charge is 2.21. The summed E-state index contributed by atoms with van der Waals surface area (Å²) in [7, 11) is 2.27. The van der Waals surface area contributed by atoms with Crippen LogP contribution in [0.15, 0.2) is 0 Å². The molecule has 1 atom stereocenters. The fourth-order valence-corrected chi connectivity index (χ4v) is 2.68. The van der Waals surface area contributed by atoms with Crippen LogP contribution in [0.25, 0.3) is 0 Å². The maximum atomic E-state index is 3.49. The van der Waals surface area contributed by atoms with Gasteiger partial charge in [0.15, 0.2) is 0 Å². The molecule has 0 aliphatic carbocycles. The largest absolute Gasteiger partial charge is 0.315 e. The third kappa shape index (κ3) is 6.17. The number of nitrogens with one attached hydrogen (secondary N) is 1. The summed E-state index contributed by atoms with van der Waals surface area (Å²) in [6.45, 7) is 13.0. The standard InChI is InChI=1S/C15H33N3/c1-5-15-13-18(12-11-17(15)4)10-8-6-7-9-16-14(2)3/h14-16H,5-13H2,1-4H3. The van der Waals surface area contributed by atoms with Gasteiger partial charge in [-0.1, -0.05) is 27.2 Å². The van der Waals surface area contributed by atoms with Crippen molar-refractivity contribution in [2.75, 3.05) is 39.8 Å². The topological polar surface area (TPSA) is 18.5 Å². The van der Waals surface area contributed by atoms with Crippen LogP contribution in [0.3, 0.4) is 0 Å². The highest BCUT2D eigenvalue weighted by Crippen LogP contribution is 2.11. The normalized spacial score (nSPS) is 22.8. The summed E-state index contributed by atoms with van der Waals surface area (Å²) >= 11 is 0. The molecule has 1 N–H and O–H groups in total. The zero-order valence-electron chi connectivity index (χ0n) is 12.9. The van der Waals surface area contributed by atoms with Crippen molar-refractivity contribution in [1.82, 2.24) is 15.1 Å². The van der Waals surface area contributed by atoms with E-state index in [0.29, 0.717) is 6.04 Å². The molecular formula is C15H33N3. The number of rotatable bonds is 8. The van der Waals surface area contributed by atoms with Crippen molar-refractivity contribution in [3.8, 4) is 0 Å². The predicted molar refractivity (Wildman–Crippen MR) is 80.1 cm³/mol. The Labute approximate surface area is 114 Å². The van der Waals surface area contributed by atoms with Gasteiger partial charge in [0.05, 0.1) is 0 Å². The smallest absolute Gasteiger partial charge is 0.0218 e. The third-order valence-corrected chi connectivity index (χ3v) is 4.04. The van der Waals surface area contributed by atoms with E-state index in [1.165, 1.54) is 58.4 Å². The Hall–Kier alpha value is -0.120. The molecule has 0 aromatic carbocycles. The third-order valence-electron chi connectivity index (χ3n) is 4.04. The van der Waals surface area contributed by atoms with Gasteiger partial charge in [-0.25, -0.2) is 0 Å². The Morgan fingerprint density at radius 1 is 1.17 bits per heavy atom. The van der Waals surface area contributed by atoms with Crippen LogP contribution in [0.2, 0.25) is 0 Å². The molecule has 1 aliphatic heterocycles. The van der Waals surface area contributed by atoms with Gasteiger partial charge in [0, 0.05) is 31.7 Å². The van der Waals surface area contributed by atoms with Crippen LogP contribution in [-0.2, 0) is 0 Å². The highest BCUT2D eigenvalue weighted by molar-refractivity contribution is 4.78. The van der Waals surface area contributed by atoms with Crippen molar-refractivity contribution >= 4 is 0 Å². The zero-order chi connectivity index (χ0) is 13.4. The van der Waals surface area contributed by atoms with E-state index in [-0.39, 0.29) is 0 Å². The molecule has 108 valence electrons. The van der Waals surface area contributed by atoms with Crippen LogP contribution >= 0.6 is 0 Å². The first-order chi connectivity index (χ1) is 8.63. The monoisotopic (exact) mass is 255 g/mol. The van der Waals surface area contributed by atoms with E-state index in [1.807, 2.05) is 0 Å². The molecule has 0 radical (unpaired) electrons. The summed E-state index contributed by atoms with van der Waals surface area (Å²) in [5, 5.41) is 3.49. The Balaban J connectivity index is 2.02. The maximum absolute atomic E-state index is 3.49. The Morgan fingerprint density at radius 2 is 1.94 bits per heavy atom. The molecule has 18 heavy (non-hydrogen) atoms. The lowest BCUT2D eigenvalue weighted by molar-refractivity contribution is 0.0920. The van der Waals surface area contributed by atoms with Crippen molar-refractivity contribution in [2.45, 2.75) is 58.5 Å². The van der Waals surface area contributed by atoms with Crippen LogP contribution in [0.4, 0.5) is 0 Å². The van der Waals surface area contributed by atoms with E-state index in [4.69, 9.17) is 0 Å². The Kier molecular flexibility index (Phi) is 7.87. The van der Waals surface area contributed by atoms with Crippen molar-refractivity contribution in [3.05, 3.63) is 0 Å². The van der Waals surface area contributed by atoms with Gasteiger partial charge in [0.2, 0.25) is 0 Å². The van der Waals surface area contributed by atoms with Crippen LogP contribution < -0.4 is 5.32 Å². The summed E-state index contributed by atoms with van der Waals surface area (Å²) in [5.41, 5.74) is 0. The lowest BCUT2D eigenvalue weighted by atomic mass is 10.1. The molecule has 1 fully saturated rings. The molecule has 0 aromatic rings. The highest BCUT2D eigenvalue weighted by atomic mass is 15.3. The molecule has 0 amide bonds. The van der Waals surface area contributed by atoms with Gasteiger partial charge < -0.3 is 15.1 Å². The molecule has 0 spiro atoms. The van der Waals surface area contributed by atoms with Crippen LogP contribution in [0.1, 0.15) is 46.5 Å². The van der Waals surface area contributed by atoms with Gasteiger partial charge in [-0.05, 0) is 39.4 Å². The number of hydrogen-bond donors (Lipinski definition) is 1. The van der Waals surface area contributed by atoms with Gasteiger partial charge in [0.1, 0.15) is 0 Å². The van der Waals surface area contributed by atoms with E-state index < -0.39 is 0 Å². The molecule has 1 heterocycles. The minimum atomic E-state index is 0.632. The van der Waals surface area contributed by atoms with Crippen LogP contribution in [0.5, 0.6) is 0 Å². The second kappa shape index (κ2) is 8.89. The lowest BCUT2D eigenvalue weighted by Gasteiger charge is -2.39. The predicted octanol–water partition coefficient (Wildman–Crippen LogP) is 2.18. The summed E-state index contributed by atoms with van der Waals surface area (Å²) in [6.07, 6.45) is 5.33. The summed E-state index contributed by atoms with van der Waals surface area (Å²) in [5.74, 6) is 0. The summed E-state index contributed by atoms with van der Waals surface area (Å²) in [4.78, 5) is 5.17.